The summed E-state index contributed by atoms with van der Waals surface area (Å²) in [6.07, 6.45) is 26.1. The highest BCUT2D eigenvalue weighted by Gasteiger charge is 2.26. The summed E-state index contributed by atoms with van der Waals surface area (Å²) in [5.74, 6) is 0.835. The van der Waals surface area contributed by atoms with Crippen LogP contribution >= 0.6 is 0 Å². The van der Waals surface area contributed by atoms with E-state index >= 15 is 0 Å². The van der Waals surface area contributed by atoms with Crippen LogP contribution in [-0.4, -0.2) is 0 Å². The van der Waals surface area contributed by atoms with E-state index in [9.17, 15) is 0 Å². The van der Waals surface area contributed by atoms with Crippen molar-refractivity contribution in [2.24, 2.45) is 11.3 Å². The van der Waals surface area contributed by atoms with E-state index in [-0.39, 0.29) is 0 Å². The summed E-state index contributed by atoms with van der Waals surface area (Å²) in [4.78, 5) is 0. The lowest BCUT2D eigenvalue weighted by Crippen LogP contribution is -2.23. The molecule has 0 rings (SSSR count). The van der Waals surface area contributed by atoms with Crippen LogP contribution in [0.4, 0.5) is 0 Å². The van der Waals surface area contributed by atoms with Crippen LogP contribution in [0.25, 0.3) is 0 Å². The topological polar surface area (TPSA) is 0 Å². The largest absolute Gasteiger partial charge is 0.0654 e. The molecule has 0 spiro atoms. The Morgan fingerprint density at radius 2 is 0.760 bits per heavy atom. The van der Waals surface area contributed by atoms with Gasteiger partial charge in [-0.2, -0.15) is 0 Å². The number of rotatable bonds is 19. The second-order valence-electron chi connectivity index (χ2n) is 9.26. The first-order valence-electron chi connectivity index (χ1n) is 12.1. The minimum absolute atomic E-state index is 0.588. The molecule has 0 aromatic carbocycles. The van der Waals surface area contributed by atoms with Crippen LogP contribution in [0, 0.1) is 11.3 Å². The fraction of sp³-hybridized carbons (Fsp3) is 1.00. The molecule has 0 amide bonds. The quantitative estimate of drug-likeness (QED) is 0.203. The minimum atomic E-state index is 0.588. The van der Waals surface area contributed by atoms with Crippen molar-refractivity contribution >= 4 is 0 Å². The van der Waals surface area contributed by atoms with E-state index in [4.69, 9.17) is 0 Å². The van der Waals surface area contributed by atoms with Gasteiger partial charge in [0.15, 0.2) is 0 Å². The van der Waals surface area contributed by atoms with Crippen molar-refractivity contribution < 1.29 is 0 Å². The second kappa shape index (κ2) is 17.4. The Morgan fingerprint density at radius 1 is 0.480 bits per heavy atom. The molecule has 0 aliphatic rings. The Bertz CT molecular complexity index is 233. The van der Waals surface area contributed by atoms with Crippen LogP contribution in [0.3, 0.4) is 0 Å². The van der Waals surface area contributed by atoms with Gasteiger partial charge in [0.05, 0.1) is 0 Å². The summed E-state index contributed by atoms with van der Waals surface area (Å²) in [5.41, 5.74) is 0.588. The summed E-state index contributed by atoms with van der Waals surface area (Å²) in [7, 11) is 0. The Kier molecular flexibility index (Phi) is 17.4. The van der Waals surface area contributed by atoms with Crippen LogP contribution in [0.5, 0.6) is 0 Å². The predicted molar refractivity (Wildman–Crippen MR) is 117 cm³/mol. The highest BCUT2D eigenvalue weighted by Crippen LogP contribution is 2.38. The van der Waals surface area contributed by atoms with Gasteiger partial charge in [-0.1, -0.05) is 137 Å². The first-order valence-corrected chi connectivity index (χ1v) is 12.1. The van der Waals surface area contributed by atoms with E-state index in [2.05, 4.69) is 34.6 Å². The predicted octanol–water partition coefficient (Wildman–Crippen LogP) is 9.71. The molecule has 0 radical (unpaired) electrons. The van der Waals surface area contributed by atoms with Crippen molar-refractivity contribution in [2.45, 2.75) is 150 Å². The van der Waals surface area contributed by atoms with E-state index in [0.29, 0.717) is 5.41 Å². The standard InChI is InChI=1S/C25H52/c1-6-8-10-12-14-16-18-20-22-25(5,24(3)4)23-21-19-17-15-13-11-9-7-2/h24H,6-23H2,1-5H3. The van der Waals surface area contributed by atoms with Crippen molar-refractivity contribution in [3.05, 3.63) is 0 Å². The zero-order valence-corrected chi connectivity index (χ0v) is 18.8. The third-order valence-electron chi connectivity index (χ3n) is 6.60. The maximum absolute atomic E-state index is 2.57. The highest BCUT2D eigenvalue weighted by atomic mass is 14.3. The third kappa shape index (κ3) is 14.8. The number of hydrogen-bond acceptors (Lipinski definition) is 0. The van der Waals surface area contributed by atoms with Crippen LogP contribution in [0.15, 0.2) is 0 Å². The molecule has 0 heteroatoms. The summed E-state index contributed by atoms with van der Waals surface area (Å²) < 4.78 is 0. The van der Waals surface area contributed by atoms with E-state index < -0.39 is 0 Å². The highest BCUT2D eigenvalue weighted by molar-refractivity contribution is 4.78. The van der Waals surface area contributed by atoms with Crippen molar-refractivity contribution in [1.29, 1.82) is 0 Å². The van der Waals surface area contributed by atoms with Gasteiger partial charge in [-0.15, -0.1) is 0 Å². The average Bonchev–Trinajstić information content (AvgIpc) is 2.59. The Labute approximate surface area is 161 Å². The van der Waals surface area contributed by atoms with E-state index in [0.717, 1.165) is 5.92 Å². The number of unbranched alkanes of at least 4 members (excludes halogenated alkanes) is 14. The fourth-order valence-corrected chi connectivity index (χ4v) is 4.03. The monoisotopic (exact) mass is 352 g/mol. The van der Waals surface area contributed by atoms with Gasteiger partial charge in [0.1, 0.15) is 0 Å². The molecule has 0 fully saturated rings. The lowest BCUT2D eigenvalue weighted by atomic mass is 9.71. The van der Waals surface area contributed by atoms with Crippen molar-refractivity contribution in [3.63, 3.8) is 0 Å². The third-order valence-corrected chi connectivity index (χ3v) is 6.60. The summed E-state index contributed by atoms with van der Waals surface area (Å²) in [6.45, 7) is 12.1. The molecule has 0 N–H and O–H groups in total. The lowest BCUT2D eigenvalue weighted by molar-refractivity contribution is 0.168. The molecule has 0 aromatic heterocycles. The Morgan fingerprint density at radius 3 is 1.04 bits per heavy atom. The van der Waals surface area contributed by atoms with Gasteiger partial charge in [-0.05, 0) is 24.2 Å². The normalized spacial score (nSPS) is 12.2. The molecule has 0 aromatic rings. The zero-order valence-electron chi connectivity index (χ0n) is 18.8. The molecule has 0 atom stereocenters. The van der Waals surface area contributed by atoms with Gasteiger partial charge >= 0.3 is 0 Å². The van der Waals surface area contributed by atoms with E-state index in [1.165, 1.54) is 116 Å². The number of hydrogen-bond donors (Lipinski definition) is 0. The van der Waals surface area contributed by atoms with Crippen molar-refractivity contribution in [3.8, 4) is 0 Å². The van der Waals surface area contributed by atoms with Crippen LogP contribution in [-0.2, 0) is 0 Å². The average molecular weight is 353 g/mol. The van der Waals surface area contributed by atoms with E-state index in [1.807, 2.05) is 0 Å². The molecule has 0 heterocycles. The molecule has 0 saturated heterocycles. The Balaban J connectivity index is 3.71. The smallest absolute Gasteiger partial charge is 0.0303 e. The van der Waals surface area contributed by atoms with Gasteiger partial charge in [0.2, 0.25) is 0 Å². The molecule has 0 saturated carbocycles. The van der Waals surface area contributed by atoms with Gasteiger partial charge in [-0.25, -0.2) is 0 Å². The zero-order chi connectivity index (χ0) is 18.8. The summed E-state index contributed by atoms with van der Waals surface area (Å²) in [5, 5.41) is 0. The molecular formula is C25H52. The maximum Gasteiger partial charge on any atom is -0.0303 e. The van der Waals surface area contributed by atoms with E-state index in [1.54, 1.807) is 0 Å². The molecule has 25 heavy (non-hydrogen) atoms. The van der Waals surface area contributed by atoms with Gasteiger partial charge in [-0.3, -0.25) is 0 Å². The molecule has 0 bridgehead atoms. The molecular weight excluding hydrogens is 300 g/mol. The van der Waals surface area contributed by atoms with Gasteiger partial charge < -0.3 is 0 Å². The van der Waals surface area contributed by atoms with Crippen LogP contribution in [0.2, 0.25) is 0 Å². The van der Waals surface area contributed by atoms with Crippen molar-refractivity contribution in [1.82, 2.24) is 0 Å². The first-order chi connectivity index (χ1) is 12.1. The van der Waals surface area contributed by atoms with Gasteiger partial charge in [0.25, 0.3) is 0 Å². The van der Waals surface area contributed by atoms with Crippen molar-refractivity contribution in [2.75, 3.05) is 0 Å². The molecule has 0 aliphatic heterocycles. The Hall–Kier alpha value is 0. The lowest BCUT2D eigenvalue weighted by Gasteiger charge is -2.34. The second-order valence-corrected chi connectivity index (χ2v) is 9.26. The summed E-state index contributed by atoms with van der Waals surface area (Å²) >= 11 is 0. The van der Waals surface area contributed by atoms with Gasteiger partial charge in [0, 0.05) is 0 Å². The fourth-order valence-electron chi connectivity index (χ4n) is 4.03. The maximum atomic E-state index is 2.57. The van der Waals surface area contributed by atoms with Crippen LogP contribution < -0.4 is 0 Å². The molecule has 152 valence electrons. The molecule has 0 aliphatic carbocycles. The molecule has 0 nitrogen and oxygen atoms in total. The summed E-state index contributed by atoms with van der Waals surface area (Å²) in [6, 6.07) is 0. The van der Waals surface area contributed by atoms with Crippen LogP contribution in [0.1, 0.15) is 150 Å². The molecule has 0 unspecified atom stereocenters. The first kappa shape index (κ1) is 25.0. The SMILES string of the molecule is CCCCCCCCCCC(C)(CCCCCCCCCC)C(C)C. The minimum Gasteiger partial charge on any atom is -0.0654 e.